The van der Waals surface area contributed by atoms with Gasteiger partial charge in [0.05, 0.1) is 6.04 Å². The third-order valence-corrected chi connectivity index (χ3v) is 7.82. The van der Waals surface area contributed by atoms with Crippen molar-refractivity contribution in [1.29, 1.82) is 0 Å². The van der Waals surface area contributed by atoms with Gasteiger partial charge >= 0.3 is 0 Å². The molecule has 47 heavy (non-hydrogen) atoms. The average molecular weight is 651 g/mol. The van der Waals surface area contributed by atoms with Crippen molar-refractivity contribution in [2.45, 2.75) is 97.4 Å². The number of carbonyl (C=O) groups excluding carboxylic acids is 5. The molecule has 258 valence electrons. The summed E-state index contributed by atoms with van der Waals surface area (Å²) in [6, 6.07) is 14.1. The predicted molar refractivity (Wildman–Crippen MR) is 184 cm³/mol. The molecule has 2 aromatic carbocycles. The highest BCUT2D eigenvalue weighted by Crippen LogP contribution is 2.12. The number of nitrogens with one attached hydrogen (secondary N) is 5. The van der Waals surface area contributed by atoms with E-state index in [2.05, 4.69) is 26.6 Å². The molecule has 5 amide bonds. The Balaban J connectivity index is 2.37. The van der Waals surface area contributed by atoms with Crippen LogP contribution in [0.4, 0.5) is 0 Å². The van der Waals surface area contributed by atoms with E-state index in [0.717, 1.165) is 11.1 Å². The van der Waals surface area contributed by atoms with Crippen molar-refractivity contribution >= 4 is 29.5 Å². The molecule has 0 saturated carbocycles. The molecule has 0 unspecified atom stereocenters. The molecular weight excluding hydrogens is 596 g/mol. The van der Waals surface area contributed by atoms with Crippen LogP contribution in [0.15, 0.2) is 60.7 Å². The van der Waals surface area contributed by atoms with Crippen LogP contribution in [0, 0.1) is 17.8 Å². The number of hydrogen-bond acceptors (Lipinski definition) is 6. The average Bonchev–Trinajstić information content (AvgIpc) is 3.01. The van der Waals surface area contributed by atoms with E-state index >= 15 is 0 Å². The fourth-order valence-electron chi connectivity index (χ4n) is 5.26. The minimum atomic E-state index is -1.08. The summed E-state index contributed by atoms with van der Waals surface area (Å²) in [6.45, 7) is 11.4. The third kappa shape index (κ3) is 13.6. The maximum atomic E-state index is 13.9. The lowest BCUT2D eigenvalue weighted by Gasteiger charge is -2.28. The smallest absolute Gasteiger partial charge is 0.243 e. The highest BCUT2D eigenvalue weighted by Gasteiger charge is 2.33. The molecule has 11 heteroatoms. The lowest BCUT2D eigenvalue weighted by molar-refractivity contribution is -0.135. The number of benzene rings is 2. The van der Waals surface area contributed by atoms with E-state index < -0.39 is 53.8 Å². The van der Waals surface area contributed by atoms with Gasteiger partial charge in [0.2, 0.25) is 29.5 Å². The quantitative estimate of drug-likeness (QED) is 0.136. The molecule has 0 spiro atoms. The van der Waals surface area contributed by atoms with Crippen LogP contribution in [0.25, 0.3) is 0 Å². The second-order valence-corrected chi connectivity index (χ2v) is 13.3. The normalized spacial score (nSPS) is 14.5. The van der Waals surface area contributed by atoms with E-state index in [0.29, 0.717) is 12.8 Å². The Hall–Kier alpha value is -4.25. The van der Waals surface area contributed by atoms with Crippen molar-refractivity contribution in [1.82, 2.24) is 26.6 Å². The molecular formula is C36H54N6O5. The van der Waals surface area contributed by atoms with Gasteiger partial charge in [-0.2, -0.15) is 0 Å². The third-order valence-electron chi connectivity index (χ3n) is 7.82. The summed E-state index contributed by atoms with van der Waals surface area (Å²) < 4.78 is 0. The van der Waals surface area contributed by atoms with Gasteiger partial charge in [-0.05, 0) is 48.8 Å². The lowest BCUT2D eigenvalue weighted by atomic mass is 9.98. The van der Waals surface area contributed by atoms with Crippen molar-refractivity contribution in [3.05, 3.63) is 71.8 Å². The highest BCUT2D eigenvalue weighted by atomic mass is 16.2. The fraction of sp³-hybridized carbons (Fsp3) is 0.528. The number of rotatable bonds is 19. The Kier molecular flexibility index (Phi) is 16.1. The van der Waals surface area contributed by atoms with E-state index in [4.69, 9.17) is 5.73 Å². The molecule has 0 aromatic heterocycles. The van der Waals surface area contributed by atoms with Crippen LogP contribution < -0.4 is 32.3 Å². The highest BCUT2D eigenvalue weighted by molar-refractivity contribution is 5.96. The summed E-state index contributed by atoms with van der Waals surface area (Å²) in [5, 5.41) is 14.3. The maximum Gasteiger partial charge on any atom is 0.243 e. The first-order chi connectivity index (χ1) is 22.2. The van der Waals surface area contributed by atoms with Gasteiger partial charge in [-0.1, -0.05) is 102 Å². The van der Waals surface area contributed by atoms with Crippen LogP contribution >= 0.6 is 0 Å². The molecule has 0 aliphatic heterocycles. The molecule has 2 aromatic rings. The van der Waals surface area contributed by atoms with Crippen molar-refractivity contribution in [2.75, 3.05) is 7.05 Å². The molecule has 0 heterocycles. The standard InChI is InChI=1S/C36H54N6O5/c1-22(2)18-27(32(37)43)39-36(47)31(24(5)6)42-35(46)30(21-26-16-12-9-13-17-26)41-34(45)29(20-25-14-10-8-11-15-25)40-33(44)28(38-7)19-23(3)4/h8-17,22-24,27-31,38H,18-21H2,1-7H3,(H2,37,43)(H,39,47)(H,40,44)(H,41,45)(H,42,46)/t27-,28-,29-,30-,31-/m1/s1. The van der Waals surface area contributed by atoms with Crippen LogP contribution in [-0.4, -0.2) is 66.8 Å². The number of carbonyl (C=O) groups is 5. The molecule has 0 aliphatic carbocycles. The SMILES string of the molecule is CN[C@H](CC(C)C)C(=O)N[C@H](Cc1ccccc1)C(=O)N[C@H](Cc1ccccc1)C(=O)N[C@@H](C(=O)N[C@H](CC(C)C)C(N)=O)C(C)C. The molecule has 2 rings (SSSR count). The number of likely N-dealkylation sites (N-methyl/N-ethyl adjacent to an activating group) is 1. The Labute approximate surface area is 279 Å². The van der Waals surface area contributed by atoms with E-state index in [9.17, 15) is 24.0 Å². The van der Waals surface area contributed by atoms with Gasteiger partial charge in [-0.25, -0.2) is 0 Å². The number of primary amides is 1. The number of hydrogen-bond donors (Lipinski definition) is 6. The molecule has 11 nitrogen and oxygen atoms in total. The predicted octanol–water partition coefficient (Wildman–Crippen LogP) is 2.23. The van der Waals surface area contributed by atoms with E-state index in [1.54, 1.807) is 20.9 Å². The molecule has 7 N–H and O–H groups in total. The zero-order valence-electron chi connectivity index (χ0n) is 28.8. The lowest BCUT2D eigenvalue weighted by Crippen LogP contribution is -2.60. The topological polar surface area (TPSA) is 172 Å². The van der Waals surface area contributed by atoms with Gasteiger partial charge in [-0.3, -0.25) is 24.0 Å². The van der Waals surface area contributed by atoms with Crippen LogP contribution in [0.3, 0.4) is 0 Å². The summed E-state index contributed by atoms with van der Waals surface area (Å²) in [5.74, 6) is -2.62. The first-order valence-electron chi connectivity index (χ1n) is 16.5. The Morgan fingerprint density at radius 3 is 1.32 bits per heavy atom. The Morgan fingerprint density at radius 1 is 0.553 bits per heavy atom. The van der Waals surface area contributed by atoms with Crippen molar-refractivity contribution in [3.8, 4) is 0 Å². The van der Waals surface area contributed by atoms with Crippen LogP contribution in [-0.2, 0) is 36.8 Å². The first-order valence-corrected chi connectivity index (χ1v) is 16.5. The van der Waals surface area contributed by atoms with E-state index in [1.165, 1.54) is 0 Å². The van der Waals surface area contributed by atoms with Crippen molar-refractivity contribution in [2.24, 2.45) is 23.5 Å². The molecule has 0 saturated heterocycles. The van der Waals surface area contributed by atoms with Gasteiger partial charge in [0.15, 0.2) is 0 Å². The van der Waals surface area contributed by atoms with Crippen molar-refractivity contribution < 1.29 is 24.0 Å². The minimum absolute atomic E-state index is 0.100. The second kappa shape index (κ2) is 19.4. The Morgan fingerprint density at radius 2 is 0.936 bits per heavy atom. The van der Waals surface area contributed by atoms with E-state index in [1.807, 2.05) is 88.4 Å². The van der Waals surface area contributed by atoms with Crippen molar-refractivity contribution in [3.63, 3.8) is 0 Å². The zero-order chi connectivity index (χ0) is 35.1. The number of amides is 5. The van der Waals surface area contributed by atoms with Gasteiger partial charge in [-0.15, -0.1) is 0 Å². The zero-order valence-corrected chi connectivity index (χ0v) is 28.8. The summed E-state index contributed by atoms with van der Waals surface area (Å²) in [6.07, 6.45) is 1.28. The van der Waals surface area contributed by atoms with Gasteiger partial charge in [0, 0.05) is 12.8 Å². The van der Waals surface area contributed by atoms with Crippen LogP contribution in [0.2, 0.25) is 0 Å². The summed E-state index contributed by atoms with van der Waals surface area (Å²) >= 11 is 0. The molecule has 0 aliphatic rings. The van der Waals surface area contributed by atoms with Crippen LogP contribution in [0.5, 0.6) is 0 Å². The second-order valence-electron chi connectivity index (χ2n) is 13.3. The fourth-order valence-corrected chi connectivity index (χ4v) is 5.26. The summed E-state index contributed by atoms with van der Waals surface area (Å²) in [5.41, 5.74) is 7.17. The number of nitrogens with two attached hydrogens (primary N) is 1. The summed E-state index contributed by atoms with van der Waals surface area (Å²) in [4.78, 5) is 66.5. The molecule has 5 atom stereocenters. The maximum absolute atomic E-state index is 13.9. The Bertz CT molecular complexity index is 1300. The van der Waals surface area contributed by atoms with Gasteiger partial charge < -0.3 is 32.3 Å². The first kappa shape index (κ1) is 38.9. The van der Waals surface area contributed by atoms with Gasteiger partial charge in [0.25, 0.3) is 0 Å². The van der Waals surface area contributed by atoms with E-state index in [-0.39, 0.29) is 36.5 Å². The molecule has 0 radical (unpaired) electrons. The monoisotopic (exact) mass is 650 g/mol. The largest absolute Gasteiger partial charge is 0.368 e. The molecule has 0 fully saturated rings. The minimum Gasteiger partial charge on any atom is -0.368 e. The van der Waals surface area contributed by atoms with Crippen LogP contribution in [0.1, 0.15) is 65.5 Å². The molecule has 0 bridgehead atoms. The van der Waals surface area contributed by atoms with Gasteiger partial charge in [0.1, 0.15) is 24.2 Å². The summed E-state index contributed by atoms with van der Waals surface area (Å²) in [7, 11) is 1.70.